The molecule has 0 atom stereocenters. The molecule has 11 aromatic rings. The zero-order valence-electron chi connectivity index (χ0n) is 27.1. The molecule has 0 fully saturated rings. The van der Waals surface area contributed by atoms with E-state index >= 15 is 0 Å². The molecule has 51 heavy (non-hydrogen) atoms. The Labute approximate surface area is 295 Å². The molecule has 0 saturated heterocycles. The standard InChI is InChI=1S/C45H26N4OS/c1-3-11-27(12-4-1)43-46-44(28-13-5-2-6-14-28)48-45(47-43)29-19-21-35-40(25-29)51-39-24-23-34-33-22-20-30(26-38(33)50-42(34)41(35)39)49-36-17-9-7-15-31(36)32-16-8-10-18-37(32)49/h1-26H. The van der Waals surface area contributed by atoms with Crippen LogP contribution in [0.3, 0.4) is 0 Å². The Bertz CT molecular complexity index is 3030. The highest BCUT2D eigenvalue weighted by atomic mass is 32.1. The number of aromatic nitrogens is 4. The van der Waals surface area contributed by atoms with Gasteiger partial charge >= 0.3 is 0 Å². The minimum absolute atomic E-state index is 0.647. The molecule has 7 aromatic carbocycles. The van der Waals surface area contributed by atoms with Gasteiger partial charge in [-0.15, -0.1) is 11.3 Å². The minimum Gasteiger partial charge on any atom is -0.455 e. The lowest BCUT2D eigenvalue weighted by molar-refractivity contribution is 0.672. The fourth-order valence-corrected chi connectivity index (χ4v) is 8.64. The fraction of sp³-hybridized carbons (Fsp3) is 0. The van der Waals surface area contributed by atoms with Crippen molar-refractivity contribution < 1.29 is 4.42 Å². The van der Waals surface area contributed by atoms with Gasteiger partial charge < -0.3 is 8.98 Å². The zero-order chi connectivity index (χ0) is 33.5. The van der Waals surface area contributed by atoms with Crippen molar-refractivity contribution >= 4 is 75.3 Å². The van der Waals surface area contributed by atoms with E-state index in [1.807, 2.05) is 60.7 Å². The van der Waals surface area contributed by atoms with Crippen LogP contribution >= 0.6 is 11.3 Å². The lowest BCUT2D eigenvalue weighted by Crippen LogP contribution is -1.99. The van der Waals surface area contributed by atoms with Crippen LogP contribution in [-0.2, 0) is 0 Å². The molecular weight excluding hydrogens is 645 g/mol. The highest BCUT2D eigenvalue weighted by molar-refractivity contribution is 7.26. The summed E-state index contributed by atoms with van der Waals surface area (Å²) in [6.45, 7) is 0. The van der Waals surface area contributed by atoms with Crippen LogP contribution in [0.25, 0.3) is 104 Å². The first kappa shape index (κ1) is 28.2. The summed E-state index contributed by atoms with van der Waals surface area (Å²) in [4.78, 5) is 14.8. The van der Waals surface area contributed by atoms with Gasteiger partial charge in [0, 0.05) is 70.2 Å². The normalized spacial score (nSPS) is 11.9. The summed E-state index contributed by atoms with van der Waals surface area (Å²) in [6, 6.07) is 54.9. The molecule has 0 unspecified atom stereocenters. The molecular formula is C45H26N4OS. The van der Waals surface area contributed by atoms with Crippen LogP contribution in [0.5, 0.6) is 0 Å². The van der Waals surface area contributed by atoms with Crippen LogP contribution in [0.4, 0.5) is 0 Å². The number of nitrogens with zero attached hydrogens (tertiary/aromatic N) is 4. The Morgan fingerprint density at radius 1 is 0.431 bits per heavy atom. The molecule has 238 valence electrons. The summed E-state index contributed by atoms with van der Waals surface area (Å²) in [7, 11) is 0. The maximum atomic E-state index is 6.80. The van der Waals surface area contributed by atoms with Gasteiger partial charge in [0.25, 0.3) is 0 Å². The molecule has 6 heteroatoms. The summed E-state index contributed by atoms with van der Waals surface area (Å²) < 4.78 is 11.5. The molecule has 4 heterocycles. The van der Waals surface area contributed by atoms with Gasteiger partial charge in [0.05, 0.1) is 11.0 Å². The maximum Gasteiger partial charge on any atom is 0.164 e. The Hall–Kier alpha value is -6.63. The smallest absolute Gasteiger partial charge is 0.164 e. The first-order valence-corrected chi connectivity index (χ1v) is 17.8. The predicted molar refractivity (Wildman–Crippen MR) is 211 cm³/mol. The number of para-hydroxylation sites is 2. The number of rotatable bonds is 4. The number of hydrogen-bond donors (Lipinski definition) is 0. The number of thiophene rings is 1. The summed E-state index contributed by atoms with van der Waals surface area (Å²) in [5.74, 6) is 1.95. The molecule has 0 bridgehead atoms. The highest BCUT2D eigenvalue weighted by Crippen LogP contribution is 2.43. The van der Waals surface area contributed by atoms with Gasteiger partial charge in [0.15, 0.2) is 17.5 Å². The van der Waals surface area contributed by atoms with Crippen LogP contribution in [0.2, 0.25) is 0 Å². The molecule has 11 rings (SSSR count). The lowest BCUT2D eigenvalue weighted by atomic mass is 10.1. The van der Waals surface area contributed by atoms with Crippen LogP contribution in [0.15, 0.2) is 162 Å². The van der Waals surface area contributed by atoms with Crippen molar-refractivity contribution in [2.75, 3.05) is 0 Å². The molecule has 0 amide bonds. The monoisotopic (exact) mass is 670 g/mol. The van der Waals surface area contributed by atoms with Gasteiger partial charge in [-0.3, -0.25) is 0 Å². The molecule has 0 saturated carbocycles. The first-order valence-electron chi connectivity index (χ1n) is 16.9. The number of fused-ring (bicyclic) bond motifs is 10. The molecule has 0 aliphatic rings. The van der Waals surface area contributed by atoms with E-state index in [0.29, 0.717) is 17.5 Å². The average molecular weight is 671 g/mol. The summed E-state index contributed by atoms with van der Waals surface area (Å²) in [5.41, 5.74) is 8.09. The first-order chi connectivity index (χ1) is 25.3. The van der Waals surface area contributed by atoms with E-state index in [9.17, 15) is 0 Å². The van der Waals surface area contributed by atoms with E-state index < -0.39 is 0 Å². The SMILES string of the molecule is c1ccc(-c2nc(-c3ccccc3)nc(-c3ccc4c(c3)sc3ccc5c6ccc(-n7c8ccccc8c8ccccc87)cc6oc5c34)n2)cc1. The largest absolute Gasteiger partial charge is 0.455 e. The van der Waals surface area contributed by atoms with Gasteiger partial charge in [-0.05, 0) is 42.5 Å². The summed E-state index contributed by atoms with van der Waals surface area (Å²) >= 11 is 1.77. The molecule has 5 nitrogen and oxygen atoms in total. The Morgan fingerprint density at radius 2 is 1.00 bits per heavy atom. The second-order valence-corrected chi connectivity index (χ2v) is 13.9. The third-order valence-electron chi connectivity index (χ3n) is 9.85. The molecule has 0 N–H and O–H groups in total. The van der Waals surface area contributed by atoms with E-state index in [2.05, 4.69) is 102 Å². The third-order valence-corrected chi connectivity index (χ3v) is 11.0. The van der Waals surface area contributed by atoms with E-state index in [1.165, 1.54) is 26.5 Å². The van der Waals surface area contributed by atoms with Crippen molar-refractivity contribution in [1.82, 2.24) is 19.5 Å². The quantitative estimate of drug-likeness (QED) is 0.187. The van der Waals surface area contributed by atoms with Crippen molar-refractivity contribution in [3.05, 3.63) is 158 Å². The van der Waals surface area contributed by atoms with Crippen molar-refractivity contribution in [3.8, 4) is 39.9 Å². The van der Waals surface area contributed by atoms with Crippen LogP contribution in [-0.4, -0.2) is 19.5 Å². The molecule has 0 radical (unpaired) electrons. The highest BCUT2D eigenvalue weighted by Gasteiger charge is 2.19. The Kier molecular flexibility index (Phi) is 6.05. The molecule has 0 aliphatic heterocycles. The van der Waals surface area contributed by atoms with Gasteiger partial charge in [0.1, 0.15) is 11.2 Å². The maximum absolute atomic E-state index is 6.80. The summed E-state index contributed by atoms with van der Waals surface area (Å²) in [6.07, 6.45) is 0. The second-order valence-electron chi connectivity index (χ2n) is 12.8. The van der Waals surface area contributed by atoms with E-state index in [1.54, 1.807) is 11.3 Å². The van der Waals surface area contributed by atoms with E-state index in [0.717, 1.165) is 59.8 Å². The van der Waals surface area contributed by atoms with Gasteiger partial charge in [-0.1, -0.05) is 109 Å². The minimum atomic E-state index is 0.647. The van der Waals surface area contributed by atoms with Crippen LogP contribution in [0, 0.1) is 0 Å². The van der Waals surface area contributed by atoms with Crippen molar-refractivity contribution in [2.45, 2.75) is 0 Å². The van der Waals surface area contributed by atoms with Crippen LogP contribution < -0.4 is 0 Å². The third kappa shape index (κ3) is 4.37. The topological polar surface area (TPSA) is 56.7 Å². The van der Waals surface area contributed by atoms with Crippen molar-refractivity contribution in [3.63, 3.8) is 0 Å². The Morgan fingerprint density at radius 3 is 1.67 bits per heavy atom. The predicted octanol–water partition coefficient (Wildman–Crippen LogP) is 12.2. The van der Waals surface area contributed by atoms with Gasteiger partial charge in [-0.25, -0.2) is 15.0 Å². The Balaban J connectivity index is 1.07. The van der Waals surface area contributed by atoms with Crippen LogP contribution in [0.1, 0.15) is 0 Å². The number of benzene rings is 7. The molecule has 4 aromatic heterocycles. The average Bonchev–Trinajstić information content (AvgIpc) is 3.87. The zero-order valence-corrected chi connectivity index (χ0v) is 27.9. The second kappa shape index (κ2) is 10.9. The van der Waals surface area contributed by atoms with Gasteiger partial charge in [0.2, 0.25) is 0 Å². The molecule has 0 spiro atoms. The van der Waals surface area contributed by atoms with Crippen molar-refractivity contribution in [2.24, 2.45) is 0 Å². The van der Waals surface area contributed by atoms with Crippen molar-refractivity contribution in [1.29, 1.82) is 0 Å². The fourth-order valence-electron chi connectivity index (χ4n) is 7.50. The number of furan rings is 1. The summed E-state index contributed by atoms with van der Waals surface area (Å²) in [5, 5.41) is 7.01. The van der Waals surface area contributed by atoms with E-state index in [-0.39, 0.29) is 0 Å². The molecule has 0 aliphatic carbocycles. The lowest BCUT2D eigenvalue weighted by Gasteiger charge is -2.08. The number of hydrogen-bond acceptors (Lipinski definition) is 5. The van der Waals surface area contributed by atoms with Gasteiger partial charge in [-0.2, -0.15) is 0 Å². The van der Waals surface area contributed by atoms with E-state index in [4.69, 9.17) is 19.4 Å².